The van der Waals surface area contributed by atoms with Crippen molar-refractivity contribution in [2.24, 2.45) is 11.8 Å². The van der Waals surface area contributed by atoms with E-state index in [1.165, 1.54) is 0 Å². The summed E-state index contributed by atoms with van der Waals surface area (Å²) in [4.78, 5) is 29.9. The van der Waals surface area contributed by atoms with Crippen molar-refractivity contribution in [3.05, 3.63) is 42.5 Å². The van der Waals surface area contributed by atoms with Gasteiger partial charge in [-0.25, -0.2) is 4.98 Å². The molecule has 3 fully saturated rings. The van der Waals surface area contributed by atoms with E-state index in [0.29, 0.717) is 23.9 Å². The van der Waals surface area contributed by atoms with E-state index in [2.05, 4.69) is 20.2 Å². The van der Waals surface area contributed by atoms with Gasteiger partial charge in [-0.1, -0.05) is 0 Å². The zero-order valence-electron chi connectivity index (χ0n) is 16.8. The van der Waals surface area contributed by atoms with Gasteiger partial charge in [0.2, 0.25) is 0 Å². The van der Waals surface area contributed by atoms with Crippen molar-refractivity contribution in [2.75, 3.05) is 43.5 Å². The highest BCUT2D eigenvalue weighted by Crippen LogP contribution is 2.55. The predicted molar refractivity (Wildman–Crippen MR) is 109 cm³/mol. The standard InChI is InChI=1S/C21H26N6O2/c1-26(2)18-10-23-11-19(25-18)27-12-16-15(17-5-6-21(16,13-27)29-17)9-24-20(28)14-4-3-7-22-8-14/h3-4,7-8,10-11,15-17H,5-6,9,12-13H2,1-2H3,(H,24,28)/t15-,16+,17+,21+/m0/s1. The normalized spacial score (nSPS) is 29.7. The number of rotatable bonds is 5. The molecule has 1 amide bonds. The average Bonchev–Trinajstić information content (AvgIpc) is 3.41. The minimum atomic E-state index is -0.121. The molecule has 152 valence electrons. The van der Waals surface area contributed by atoms with Crippen LogP contribution < -0.4 is 15.1 Å². The van der Waals surface area contributed by atoms with Gasteiger partial charge in [-0.05, 0) is 25.0 Å². The van der Waals surface area contributed by atoms with Crippen LogP contribution in [0.2, 0.25) is 0 Å². The fraction of sp³-hybridized carbons (Fsp3) is 0.524. The maximum absolute atomic E-state index is 12.5. The summed E-state index contributed by atoms with van der Waals surface area (Å²) in [7, 11) is 3.94. The van der Waals surface area contributed by atoms with Crippen LogP contribution in [0.15, 0.2) is 36.9 Å². The number of nitrogens with one attached hydrogen (secondary N) is 1. The molecule has 2 bridgehead atoms. The lowest BCUT2D eigenvalue weighted by Crippen LogP contribution is -2.41. The Morgan fingerprint density at radius 1 is 1.34 bits per heavy atom. The lowest BCUT2D eigenvalue weighted by molar-refractivity contribution is 0.0141. The Bertz CT molecular complexity index is 907. The van der Waals surface area contributed by atoms with E-state index in [0.717, 1.165) is 37.6 Å². The first kappa shape index (κ1) is 18.3. The predicted octanol–water partition coefficient (Wildman–Crippen LogP) is 1.35. The zero-order valence-corrected chi connectivity index (χ0v) is 16.8. The molecule has 5 heterocycles. The van der Waals surface area contributed by atoms with Gasteiger partial charge in [0.15, 0.2) is 0 Å². The molecule has 0 saturated carbocycles. The van der Waals surface area contributed by atoms with Gasteiger partial charge in [-0.2, -0.15) is 0 Å². The summed E-state index contributed by atoms with van der Waals surface area (Å²) in [5.74, 6) is 2.38. The minimum absolute atomic E-state index is 0.0747. The van der Waals surface area contributed by atoms with Gasteiger partial charge in [0, 0.05) is 58.0 Å². The Balaban J connectivity index is 1.30. The third-order valence-corrected chi connectivity index (χ3v) is 6.60. The summed E-state index contributed by atoms with van der Waals surface area (Å²) in [6.45, 7) is 2.35. The number of carbonyl (C=O) groups is 1. The summed E-state index contributed by atoms with van der Waals surface area (Å²) in [6, 6.07) is 3.57. The van der Waals surface area contributed by atoms with Gasteiger partial charge in [0.25, 0.3) is 5.91 Å². The van der Waals surface area contributed by atoms with E-state index in [-0.39, 0.29) is 17.6 Å². The lowest BCUT2D eigenvalue weighted by atomic mass is 9.73. The quantitative estimate of drug-likeness (QED) is 0.820. The van der Waals surface area contributed by atoms with Crippen molar-refractivity contribution in [1.29, 1.82) is 0 Å². The fourth-order valence-electron chi connectivity index (χ4n) is 5.16. The van der Waals surface area contributed by atoms with Crippen LogP contribution >= 0.6 is 0 Å². The molecular formula is C21H26N6O2. The Labute approximate surface area is 170 Å². The SMILES string of the molecule is CN(C)c1cncc(N2C[C@@H]3[C@H](CNC(=O)c4cccnc4)[C@H]4CC[C@]3(C2)O4)n1. The Morgan fingerprint density at radius 3 is 3.03 bits per heavy atom. The van der Waals surface area contributed by atoms with Crippen LogP contribution in [0.3, 0.4) is 0 Å². The minimum Gasteiger partial charge on any atom is -0.369 e. The first-order valence-corrected chi connectivity index (χ1v) is 10.2. The molecule has 0 radical (unpaired) electrons. The zero-order chi connectivity index (χ0) is 20.0. The molecule has 0 aliphatic carbocycles. The fourth-order valence-corrected chi connectivity index (χ4v) is 5.16. The van der Waals surface area contributed by atoms with Crippen LogP contribution in [-0.4, -0.2) is 66.3 Å². The molecule has 8 heteroatoms. The van der Waals surface area contributed by atoms with Crippen molar-refractivity contribution in [3.63, 3.8) is 0 Å². The third-order valence-electron chi connectivity index (χ3n) is 6.60. The highest BCUT2D eigenvalue weighted by molar-refractivity contribution is 5.93. The van der Waals surface area contributed by atoms with E-state index in [1.54, 1.807) is 30.7 Å². The molecule has 2 aromatic rings. The summed E-state index contributed by atoms with van der Waals surface area (Å²) in [5, 5.41) is 3.10. The van der Waals surface area contributed by atoms with E-state index in [4.69, 9.17) is 9.72 Å². The Kier molecular flexibility index (Phi) is 4.38. The topological polar surface area (TPSA) is 83.5 Å². The highest BCUT2D eigenvalue weighted by atomic mass is 16.5. The molecule has 1 spiro atoms. The van der Waals surface area contributed by atoms with E-state index in [9.17, 15) is 4.79 Å². The van der Waals surface area contributed by atoms with Crippen LogP contribution in [0.5, 0.6) is 0 Å². The Hall–Kier alpha value is -2.74. The Morgan fingerprint density at radius 2 is 2.24 bits per heavy atom. The van der Waals surface area contributed by atoms with Gasteiger partial charge >= 0.3 is 0 Å². The van der Waals surface area contributed by atoms with Crippen LogP contribution in [0.25, 0.3) is 0 Å². The first-order chi connectivity index (χ1) is 14.1. The molecule has 0 aromatic carbocycles. The molecular weight excluding hydrogens is 368 g/mol. The number of hydrogen-bond donors (Lipinski definition) is 1. The van der Waals surface area contributed by atoms with Gasteiger partial charge in [-0.3, -0.25) is 14.8 Å². The van der Waals surface area contributed by atoms with Gasteiger partial charge in [0.1, 0.15) is 11.6 Å². The number of nitrogens with zero attached hydrogens (tertiary/aromatic N) is 5. The summed E-state index contributed by atoms with van der Waals surface area (Å²) < 4.78 is 6.50. The van der Waals surface area contributed by atoms with Gasteiger partial charge < -0.3 is 19.9 Å². The van der Waals surface area contributed by atoms with E-state index >= 15 is 0 Å². The third kappa shape index (κ3) is 3.11. The largest absolute Gasteiger partial charge is 0.369 e. The maximum Gasteiger partial charge on any atom is 0.252 e. The number of amides is 1. The lowest BCUT2D eigenvalue weighted by Gasteiger charge is -2.29. The number of pyridine rings is 1. The second kappa shape index (κ2) is 6.95. The second-order valence-corrected chi connectivity index (χ2v) is 8.49. The highest BCUT2D eigenvalue weighted by Gasteiger charge is 2.63. The molecule has 2 aromatic heterocycles. The van der Waals surface area contributed by atoms with Crippen molar-refractivity contribution in [3.8, 4) is 0 Å². The molecule has 4 atom stereocenters. The number of hydrogen-bond acceptors (Lipinski definition) is 7. The molecule has 29 heavy (non-hydrogen) atoms. The van der Waals surface area contributed by atoms with Gasteiger partial charge in [0.05, 0.1) is 29.7 Å². The molecule has 3 aliphatic heterocycles. The summed E-state index contributed by atoms with van der Waals surface area (Å²) >= 11 is 0. The monoisotopic (exact) mass is 394 g/mol. The van der Waals surface area contributed by atoms with E-state index < -0.39 is 0 Å². The average molecular weight is 394 g/mol. The molecule has 5 rings (SSSR count). The van der Waals surface area contributed by atoms with Crippen molar-refractivity contribution >= 4 is 17.5 Å². The van der Waals surface area contributed by atoms with Crippen LogP contribution in [0.1, 0.15) is 23.2 Å². The molecule has 3 saturated heterocycles. The van der Waals surface area contributed by atoms with Gasteiger partial charge in [-0.15, -0.1) is 0 Å². The van der Waals surface area contributed by atoms with Crippen molar-refractivity contribution < 1.29 is 9.53 Å². The van der Waals surface area contributed by atoms with Crippen molar-refractivity contribution in [1.82, 2.24) is 20.3 Å². The summed E-state index contributed by atoms with van der Waals surface area (Å²) in [5.41, 5.74) is 0.472. The second-order valence-electron chi connectivity index (χ2n) is 8.49. The molecule has 1 N–H and O–H groups in total. The maximum atomic E-state index is 12.5. The molecule has 3 aliphatic rings. The number of anilines is 2. The molecule has 0 unspecified atom stereocenters. The summed E-state index contributed by atoms with van der Waals surface area (Å²) in [6.07, 6.45) is 9.24. The molecule has 8 nitrogen and oxygen atoms in total. The number of ether oxygens (including phenoxy) is 1. The van der Waals surface area contributed by atoms with E-state index in [1.807, 2.05) is 25.2 Å². The van der Waals surface area contributed by atoms with Crippen LogP contribution in [0.4, 0.5) is 11.6 Å². The van der Waals surface area contributed by atoms with Crippen LogP contribution in [0, 0.1) is 11.8 Å². The van der Waals surface area contributed by atoms with Crippen molar-refractivity contribution in [2.45, 2.75) is 24.5 Å². The van der Waals surface area contributed by atoms with Crippen LogP contribution in [-0.2, 0) is 4.74 Å². The first-order valence-electron chi connectivity index (χ1n) is 10.2. The number of aromatic nitrogens is 3. The smallest absolute Gasteiger partial charge is 0.252 e. The number of fused-ring (bicyclic) bond motifs is 1. The number of carbonyl (C=O) groups excluding carboxylic acids is 1.